The van der Waals surface area contributed by atoms with Crippen molar-refractivity contribution >= 4 is 21.5 Å². The third-order valence-electron chi connectivity index (χ3n) is 3.11. The number of aliphatic carboxylic acids is 1. The SMILES string of the molecule is Nc1ccc(S(=O)(=O)C(CC(=O)[O-])c2ccccc2)cc1.[Na+]. The number of nitrogens with two attached hydrogens (primary N) is 1. The minimum Gasteiger partial charge on any atom is -0.550 e. The van der Waals surface area contributed by atoms with E-state index in [0.29, 0.717) is 11.3 Å². The van der Waals surface area contributed by atoms with Gasteiger partial charge in [0.05, 0.1) is 10.1 Å². The Bertz CT molecular complexity index is 730. The molecule has 0 aliphatic carbocycles. The number of carbonyl (C=O) groups is 1. The van der Waals surface area contributed by atoms with Gasteiger partial charge in [0.2, 0.25) is 0 Å². The van der Waals surface area contributed by atoms with Crippen molar-refractivity contribution in [2.45, 2.75) is 16.6 Å². The van der Waals surface area contributed by atoms with Gasteiger partial charge in [-0.15, -0.1) is 0 Å². The van der Waals surface area contributed by atoms with E-state index in [-0.39, 0.29) is 34.5 Å². The summed E-state index contributed by atoms with van der Waals surface area (Å²) in [5, 5.41) is 9.73. The molecule has 2 N–H and O–H groups in total. The fraction of sp³-hybridized carbons (Fsp3) is 0.133. The van der Waals surface area contributed by atoms with Crippen LogP contribution in [0.4, 0.5) is 5.69 Å². The van der Waals surface area contributed by atoms with Crippen molar-refractivity contribution in [2.24, 2.45) is 0 Å². The quantitative estimate of drug-likeness (QED) is 0.502. The molecule has 22 heavy (non-hydrogen) atoms. The summed E-state index contributed by atoms with van der Waals surface area (Å²) in [5.41, 5.74) is 6.39. The van der Waals surface area contributed by atoms with Crippen molar-refractivity contribution < 1.29 is 47.9 Å². The monoisotopic (exact) mass is 327 g/mol. The zero-order valence-electron chi connectivity index (χ0n) is 12.1. The first-order chi connectivity index (χ1) is 9.91. The molecule has 2 aromatic rings. The maximum absolute atomic E-state index is 12.6. The minimum absolute atomic E-state index is 0. The first-order valence-electron chi connectivity index (χ1n) is 6.25. The van der Waals surface area contributed by atoms with E-state index in [4.69, 9.17) is 5.73 Å². The third kappa shape index (κ3) is 4.33. The average Bonchev–Trinajstić information content (AvgIpc) is 2.46. The molecular formula is C15H14NNaO4S. The normalized spacial score (nSPS) is 12.2. The zero-order valence-corrected chi connectivity index (χ0v) is 14.9. The smallest absolute Gasteiger partial charge is 0.550 e. The van der Waals surface area contributed by atoms with Crippen LogP contribution in [-0.2, 0) is 14.6 Å². The van der Waals surface area contributed by atoms with Crippen LogP contribution in [0.5, 0.6) is 0 Å². The number of carboxylic acids is 1. The number of hydrogen-bond donors (Lipinski definition) is 1. The molecule has 7 heteroatoms. The van der Waals surface area contributed by atoms with Gasteiger partial charge in [0.25, 0.3) is 0 Å². The fourth-order valence-electron chi connectivity index (χ4n) is 2.05. The van der Waals surface area contributed by atoms with Crippen LogP contribution >= 0.6 is 0 Å². The van der Waals surface area contributed by atoms with E-state index in [2.05, 4.69) is 0 Å². The van der Waals surface area contributed by atoms with Crippen LogP contribution in [0.25, 0.3) is 0 Å². The maximum atomic E-state index is 12.6. The van der Waals surface area contributed by atoms with E-state index >= 15 is 0 Å². The van der Waals surface area contributed by atoms with Crippen LogP contribution in [0, 0.1) is 0 Å². The summed E-state index contributed by atoms with van der Waals surface area (Å²) < 4.78 is 25.3. The summed E-state index contributed by atoms with van der Waals surface area (Å²) in [4.78, 5) is 11.0. The zero-order chi connectivity index (χ0) is 15.5. The molecule has 1 atom stereocenters. The summed E-state index contributed by atoms with van der Waals surface area (Å²) in [6.45, 7) is 0. The molecule has 0 amide bonds. The van der Waals surface area contributed by atoms with Gasteiger partial charge in [-0.3, -0.25) is 0 Å². The van der Waals surface area contributed by atoms with Gasteiger partial charge in [-0.25, -0.2) is 8.42 Å². The standard InChI is InChI=1S/C15H15NO4S.Na/c16-12-6-8-13(9-7-12)21(19,20)14(10-15(17)18)11-4-2-1-3-5-11;/h1-9,14H,10,16H2,(H,17,18);/q;+1/p-1. The number of carboxylic acid groups (broad SMARTS) is 1. The van der Waals surface area contributed by atoms with Crippen molar-refractivity contribution in [3.63, 3.8) is 0 Å². The first kappa shape index (κ1) is 18.7. The fourth-order valence-corrected chi connectivity index (χ4v) is 3.76. The van der Waals surface area contributed by atoms with Crippen LogP contribution in [-0.4, -0.2) is 14.4 Å². The van der Waals surface area contributed by atoms with E-state index in [1.807, 2.05) is 0 Å². The van der Waals surface area contributed by atoms with Gasteiger partial charge < -0.3 is 15.6 Å². The Morgan fingerprint density at radius 3 is 2.09 bits per heavy atom. The van der Waals surface area contributed by atoms with Gasteiger partial charge in [-0.2, -0.15) is 0 Å². The number of anilines is 1. The van der Waals surface area contributed by atoms with Gasteiger partial charge in [-0.05, 0) is 29.8 Å². The molecule has 5 nitrogen and oxygen atoms in total. The van der Waals surface area contributed by atoms with Crippen molar-refractivity contribution in [3.05, 3.63) is 60.2 Å². The third-order valence-corrected chi connectivity index (χ3v) is 5.22. The van der Waals surface area contributed by atoms with E-state index in [1.165, 1.54) is 24.3 Å². The van der Waals surface area contributed by atoms with Crippen molar-refractivity contribution in [2.75, 3.05) is 5.73 Å². The largest absolute Gasteiger partial charge is 1.00 e. The second kappa shape index (κ2) is 7.78. The molecule has 0 fully saturated rings. The van der Waals surface area contributed by atoms with E-state index in [1.54, 1.807) is 30.3 Å². The van der Waals surface area contributed by atoms with Gasteiger partial charge in [0.1, 0.15) is 0 Å². The Morgan fingerprint density at radius 1 is 1.05 bits per heavy atom. The Labute approximate surface area is 151 Å². The summed E-state index contributed by atoms with van der Waals surface area (Å²) >= 11 is 0. The Balaban J connectivity index is 0.00000242. The molecule has 0 saturated carbocycles. The molecule has 0 aromatic heterocycles. The van der Waals surface area contributed by atoms with Crippen molar-refractivity contribution in [1.82, 2.24) is 0 Å². The molecular weight excluding hydrogens is 313 g/mol. The summed E-state index contributed by atoms with van der Waals surface area (Å²) in [6.07, 6.45) is -0.600. The molecule has 0 bridgehead atoms. The maximum Gasteiger partial charge on any atom is 1.00 e. The number of carbonyl (C=O) groups excluding carboxylic acids is 1. The minimum atomic E-state index is -3.84. The van der Waals surface area contributed by atoms with E-state index in [9.17, 15) is 18.3 Å². The summed E-state index contributed by atoms with van der Waals surface area (Å²) in [5.74, 6) is -1.41. The predicted octanol–water partition coefficient (Wildman–Crippen LogP) is -2.07. The first-order valence-corrected chi connectivity index (χ1v) is 7.80. The van der Waals surface area contributed by atoms with Gasteiger partial charge in [-0.1, -0.05) is 30.3 Å². The molecule has 0 heterocycles. The number of rotatable bonds is 5. The van der Waals surface area contributed by atoms with Crippen LogP contribution < -0.4 is 40.4 Å². The second-order valence-electron chi connectivity index (χ2n) is 4.59. The summed E-state index contributed by atoms with van der Waals surface area (Å²) in [7, 11) is -3.84. The molecule has 2 aromatic carbocycles. The predicted molar refractivity (Wildman–Crippen MR) is 76.8 cm³/mol. The molecule has 0 saturated heterocycles. The van der Waals surface area contributed by atoms with Crippen molar-refractivity contribution in [3.8, 4) is 0 Å². The molecule has 1 unspecified atom stereocenters. The molecule has 0 aliphatic heterocycles. The van der Waals surface area contributed by atoms with Crippen LogP contribution in [0.3, 0.4) is 0 Å². The van der Waals surface area contributed by atoms with Crippen molar-refractivity contribution in [1.29, 1.82) is 0 Å². The molecule has 110 valence electrons. The number of benzene rings is 2. The average molecular weight is 327 g/mol. The number of sulfone groups is 1. The Kier molecular flexibility index (Phi) is 6.62. The Morgan fingerprint density at radius 2 is 1.59 bits per heavy atom. The molecule has 2 rings (SSSR count). The molecule has 0 spiro atoms. The van der Waals surface area contributed by atoms with Gasteiger partial charge in [0.15, 0.2) is 9.84 Å². The van der Waals surface area contributed by atoms with E-state index < -0.39 is 27.5 Å². The van der Waals surface area contributed by atoms with Gasteiger partial charge >= 0.3 is 29.6 Å². The summed E-state index contributed by atoms with van der Waals surface area (Å²) in [6, 6.07) is 13.9. The van der Waals surface area contributed by atoms with Gasteiger partial charge in [0, 0.05) is 18.1 Å². The second-order valence-corrected chi connectivity index (χ2v) is 6.72. The van der Waals surface area contributed by atoms with Crippen LogP contribution in [0.15, 0.2) is 59.5 Å². The number of hydrogen-bond acceptors (Lipinski definition) is 5. The molecule has 0 aliphatic rings. The van der Waals surface area contributed by atoms with E-state index in [0.717, 1.165) is 0 Å². The topological polar surface area (TPSA) is 100 Å². The van der Waals surface area contributed by atoms with Crippen LogP contribution in [0.2, 0.25) is 0 Å². The Hall–Kier alpha value is -1.34. The molecule has 0 radical (unpaired) electrons. The van der Waals surface area contributed by atoms with Crippen LogP contribution in [0.1, 0.15) is 17.2 Å². The number of nitrogen functional groups attached to an aromatic ring is 1.